The van der Waals surface area contributed by atoms with Gasteiger partial charge >= 0.3 is 0 Å². The second-order valence-electron chi connectivity index (χ2n) is 8.47. The number of hydrogen-bond acceptors (Lipinski definition) is 5. The molecule has 1 aromatic carbocycles. The van der Waals surface area contributed by atoms with Gasteiger partial charge < -0.3 is 5.32 Å². The summed E-state index contributed by atoms with van der Waals surface area (Å²) < 4.78 is 0. The summed E-state index contributed by atoms with van der Waals surface area (Å²) in [5.74, 6) is 0.820. The molecule has 176 valence electrons. The summed E-state index contributed by atoms with van der Waals surface area (Å²) in [6, 6.07) is 14.4. The van der Waals surface area contributed by atoms with Crippen LogP contribution in [0.1, 0.15) is 44.0 Å². The number of nitrogens with zero attached hydrogens (tertiary/aromatic N) is 4. The molecule has 0 radical (unpaired) electrons. The van der Waals surface area contributed by atoms with E-state index in [1.165, 1.54) is 5.57 Å². The Morgan fingerprint density at radius 2 is 1.91 bits per heavy atom. The summed E-state index contributed by atoms with van der Waals surface area (Å²) in [5.41, 5.74) is 8.35. The van der Waals surface area contributed by atoms with Gasteiger partial charge in [0, 0.05) is 41.0 Å². The summed E-state index contributed by atoms with van der Waals surface area (Å²) in [6.07, 6.45) is 14.9. The third kappa shape index (κ3) is 5.87. The third-order valence-corrected chi connectivity index (χ3v) is 5.80. The first-order valence-electron chi connectivity index (χ1n) is 12.0. The molecule has 3 aromatic heterocycles. The number of pyridine rings is 2. The van der Waals surface area contributed by atoms with Crippen LogP contribution in [-0.2, 0) is 6.54 Å². The number of allylic oxidation sites excluding steroid dienone is 6. The quantitative estimate of drug-likeness (QED) is 0.278. The maximum absolute atomic E-state index is 4.71. The lowest BCUT2D eigenvalue weighted by Crippen LogP contribution is -2.05. The van der Waals surface area contributed by atoms with Gasteiger partial charge in [0.1, 0.15) is 12.1 Å². The van der Waals surface area contributed by atoms with E-state index >= 15 is 0 Å². The van der Waals surface area contributed by atoms with Crippen LogP contribution in [0, 0.1) is 6.92 Å². The molecule has 1 N–H and O–H groups in total. The normalized spacial score (nSPS) is 12.5. The molecule has 0 amide bonds. The summed E-state index contributed by atoms with van der Waals surface area (Å²) in [7, 11) is 0. The fraction of sp³-hybridized carbons (Fsp3) is 0.200. The van der Waals surface area contributed by atoms with E-state index in [-0.39, 0.29) is 0 Å². The molecule has 3 heterocycles. The molecule has 0 atom stereocenters. The molecule has 35 heavy (non-hydrogen) atoms. The molecule has 0 bridgehead atoms. The molecule has 5 nitrogen and oxygen atoms in total. The molecule has 0 fully saturated rings. The lowest BCUT2D eigenvalue weighted by Gasteiger charge is -2.12. The van der Waals surface area contributed by atoms with Gasteiger partial charge in [-0.3, -0.25) is 9.97 Å². The van der Waals surface area contributed by atoms with Crippen molar-refractivity contribution in [2.24, 2.45) is 0 Å². The largest absolute Gasteiger partial charge is 0.366 e. The van der Waals surface area contributed by atoms with Gasteiger partial charge in [-0.1, -0.05) is 55.0 Å². The Labute approximate surface area is 207 Å². The number of aromatic nitrogens is 4. The first-order chi connectivity index (χ1) is 17.1. The number of benzene rings is 1. The van der Waals surface area contributed by atoms with Crippen LogP contribution in [0.5, 0.6) is 0 Å². The average Bonchev–Trinajstić information content (AvgIpc) is 2.88. The van der Waals surface area contributed by atoms with Crippen molar-refractivity contribution in [3.63, 3.8) is 0 Å². The van der Waals surface area contributed by atoms with E-state index in [1.807, 2.05) is 44.4 Å². The fourth-order valence-electron chi connectivity index (χ4n) is 4.04. The smallest absolute Gasteiger partial charge is 0.133 e. The van der Waals surface area contributed by atoms with Gasteiger partial charge in [0.25, 0.3) is 0 Å². The Morgan fingerprint density at radius 1 is 1.03 bits per heavy atom. The monoisotopic (exact) mass is 461 g/mol. The van der Waals surface area contributed by atoms with Gasteiger partial charge in [0.05, 0.1) is 16.9 Å². The third-order valence-electron chi connectivity index (χ3n) is 5.80. The highest BCUT2D eigenvalue weighted by atomic mass is 15.0. The van der Waals surface area contributed by atoms with Crippen LogP contribution in [0.3, 0.4) is 0 Å². The maximum Gasteiger partial charge on any atom is 0.133 e. The summed E-state index contributed by atoms with van der Waals surface area (Å²) in [4.78, 5) is 18.2. The number of hydrogen-bond donors (Lipinski definition) is 1. The first kappa shape index (κ1) is 24.0. The van der Waals surface area contributed by atoms with Crippen LogP contribution >= 0.6 is 0 Å². The Kier molecular flexibility index (Phi) is 7.78. The molecule has 4 rings (SSSR count). The molecule has 0 spiro atoms. The van der Waals surface area contributed by atoms with E-state index in [0.29, 0.717) is 6.54 Å². The number of nitrogens with one attached hydrogen (secondary N) is 1. The Bertz CT molecular complexity index is 1400. The predicted molar refractivity (Wildman–Crippen MR) is 146 cm³/mol. The zero-order chi connectivity index (χ0) is 24.6. The molecular formula is C30H31N5. The van der Waals surface area contributed by atoms with Gasteiger partial charge in [-0.15, -0.1) is 0 Å². The minimum atomic E-state index is 0.629. The Morgan fingerprint density at radius 3 is 2.69 bits per heavy atom. The summed E-state index contributed by atoms with van der Waals surface area (Å²) >= 11 is 0. The Hall–Kier alpha value is -4.12. The molecule has 0 aliphatic heterocycles. The molecule has 4 aromatic rings. The van der Waals surface area contributed by atoms with E-state index < -0.39 is 0 Å². The predicted octanol–water partition coefficient (Wildman–Crippen LogP) is 7.32. The van der Waals surface area contributed by atoms with Crippen molar-refractivity contribution < 1.29 is 0 Å². The minimum absolute atomic E-state index is 0.629. The van der Waals surface area contributed by atoms with Crippen molar-refractivity contribution in [3.8, 4) is 11.3 Å². The van der Waals surface area contributed by atoms with Gasteiger partial charge in [-0.25, -0.2) is 9.97 Å². The molecular weight excluding hydrogens is 430 g/mol. The number of anilines is 1. The Balaban J connectivity index is 1.51. The summed E-state index contributed by atoms with van der Waals surface area (Å²) in [5, 5.41) is 4.55. The molecule has 0 saturated carbocycles. The van der Waals surface area contributed by atoms with Crippen molar-refractivity contribution in [2.45, 2.75) is 40.7 Å². The van der Waals surface area contributed by atoms with Crippen molar-refractivity contribution in [1.82, 2.24) is 19.9 Å². The SMILES string of the molecule is C\C=C/C(=C\C(C)=C\CC)c1ccc(CNc2ncnc(-c3ccc4ncccc4c3)c2C)cn1. The van der Waals surface area contributed by atoms with Gasteiger partial charge in [-0.05, 0) is 57.0 Å². The molecule has 0 unspecified atom stereocenters. The van der Waals surface area contributed by atoms with Crippen molar-refractivity contribution in [2.75, 3.05) is 5.32 Å². The minimum Gasteiger partial charge on any atom is -0.366 e. The summed E-state index contributed by atoms with van der Waals surface area (Å²) in [6.45, 7) is 8.97. The van der Waals surface area contributed by atoms with Crippen LogP contribution in [0.25, 0.3) is 27.7 Å². The van der Waals surface area contributed by atoms with Crippen molar-refractivity contribution in [1.29, 1.82) is 0 Å². The van der Waals surface area contributed by atoms with Crippen LogP contribution in [0.2, 0.25) is 0 Å². The van der Waals surface area contributed by atoms with Crippen LogP contribution < -0.4 is 5.32 Å². The highest BCUT2D eigenvalue weighted by Gasteiger charge is 2.10. The van der Waals surface area contributed by atoms with Gasteiger partial charge in [0.15, 0.2) is 0 Å². The average molecular weight is 462 g/mol. The van der Waals surface area contributed by atoms with Crippen LogP contribution in [0.4, 0.5) is 5.82 Å². The first-order valence-corrected chi connectivity index (χ1v) is 12.0. The van der Waals surface area contributed by atoms with Crippen molar-refractivity contribution >= 4 is 22.3 Å². The number of fused-ring (bicyclic) bond motifs is 1. The van der Waals surface area contributed by atoms with Gasteiger partial charge in [-0.2, -0.15) is 0 Å². The van der Waals surface area contributed by atoms with Crippen molar-refractivity contribution in [3.05, 3.63) is 108 Å². The topological polar surface area (TPSA) is 63.6 Å². The standard InChI is InChI=1S/C30H31N5/c1-5-8-21(3)16-24(9-6-2)28-13-11-23(18-32-28)19-33-30-22(4)29(34-20-35-30)26-12-14-27-25(17-26)10-7-15-31-27/h6-18,20H,5,19H2,1-4H3,(H,33,34,35)/b9-6-,21-8+,24-16+. The highest BCUT2D eigenvalue weighted by molar-refractivity contribution is 5.84. The number of rotatable bonds is 8. The second-order valence-corrected chi connectivity index (χ2v) is 8.47. The molecule has 5 heteroatoms. The molecule has 0 aliphatic rings. The molecule has 0 saturated heterocycles. The van der Waals surface area contributed by atoms with Crippen LogP contribution in [0.15, 0.2) is 91.1 Å². The second kappa shape index (κ2) is 11.3. The van der Waals surface area contributed by atoms with E-state index in [1.54, 1.807) is 6.33 Å². The maximum atomic E-state index is 4.71. The fourth-order valence-corrected chi connectivity index (χ4v) is 4.04. The lowest BCUT2D eigenvalue weighted by atomic mass is 10.0. The highest BCUT2D eigenvalue weighted by Crippen LogP contribution is 2.27. The van der Waals surface area contributed by atoms with Gasteiger partial charge in [0.2, 0.25) is 0 Å². The van der Waals surface area contributed by atoms with E-state index in [2.05, 4.69) is 82.7 Å². The van der Waals surface area contributed by atoms with E-state index in [0.717, 1.165) is 56.8 Å². The molecule has 0 aliphatic carbocycles. The zero-order valence-corrected chi connectivity index (χ0v) is 20.8. The zero-order valence-electron chi connectivity index (χ0n) is 20.8. The van der Waals surface area contributed by atoms with Crippen LogP contribution in [-0.4, -0.2) is 19.9 Å². The van der Waals surface area contributed by atoms with E-state index in [4.69, 9.17) is 4.98 Å². The van der Waals surface area contributed by atoms with E-state index in [9.17, 15) is 0 Å². The lowest BCUT2D eigenvalue weighted by molar-refractivity contribution is 1.05.